The molecule has 0 radical (unpaired) electrons. The van der Waals surface area contributed by atoms with Crippen molar-refractivity contribution < 1.29 is 23.1 Å². The Bertz CT molecular complexity index is 419. The Morgan fingerprint density at radius 2 is 1.84 bits per heavy atom. The van der Waals surface area contributed by atoms with Crippen LogP contribution in [0.5, 0.6) is 0 Å². The Morgan fingerprint density at radius 3 is 2.21 bits per heavy atom. The Labute approximate surface area is 113 Å². The van der Waals surface area contributed by atoms with E-state index < -0.39 is 33.7 Å². The zero-order valence-corrected chi connectivity index (χ0v) is 12.2. The molecule has 8 heteroatoms. The number of nitrogens with two attached hydrogens (primary N) is 1. The number of nitrogens with one attached hydrogen (secondary N) is 1. The molecule has 0 spiro atoms. The fraction of sp³-hybridized carbons (Fsp3) is 0.818. The van der Waals surface area contributed by atoms with Crippen molar-refractivity contribution in [2.75, 3.05) is 18.6 Å². The molecule has 0 aliphatic heterocycles. The molecule has 2 unspecified atom stereocenters. The number of carboxylic acid groups (broad SMARTS) is 1. The van der Waals surface area contributed by atoms with Gasteiger partial charge in [0.2, 0.25) is 5.91 Å². The summed E-state index contributed by atoms with van der Waals surface area (Å²) in [4.78, 5) is 22.5. The van der Waals surface area contributed by atoms with Crippen molar-refractivity contribution in [3.63, 3.8) is 0 Å². The maximum atomic E-state index is 11.6. The van der Waals surface area contributed by atoms with Gasteiger partial charge in [-0.05, 0) is 12.3 Å². The number of rotatable bonds is 8. The third-order valence-electron chi connectivity index (χ3n) is 2.75. The number of hydrogen-bond acceptors (Lipinski definition) is 5. The van der Waals surface area contributed by atoms with Gasteiger partial charge in [0.1, 0.15) is 9.84 Å². The van der Waals surface area contributed by atoms with Crippen LogP contribution in [0, 0.1) is 11.8 Å². The van der Waals surface area contributed by atoms with Crippen LogP contribution in [-0.2, 0) is 19.4 Å². The fourth-order valence-corrected chi connectivity index (χ4v) is 2.10. The molecule has 112 valence electrons. The first-order valence-corrected chi connectivity index (χ1v) is 8.04. The molecular weight excluding hydrogens is 272 g/mol. The second-order valence-electron chi connectivity index (χ2n) is 4.96. The highest BCUT2D eigenvalue weighted by Crippen LogP contribution is 2.09. The monoisotopic (exact) mass is 294 g/mol. The minimum Gasteiger partial charge on any atom is -0.481 e. The average Bonchev–Trinajstić information content (AvgIpc) is 2.23. The highest BCUT2D eigenvalue weighted by molar-refractivity contribution is 7.90. The molecule has 0 aromatic heterocycles. The second kappa shape index (κ2) is 7.44. The van der Waals surface area contributed by atoms with Gasteiger partial charge in [0.05, 0.1) is 17.7 Å². The lowest BCUT2D eigenvalue weighted by atomic mass is 9.96. The van der Waals surface area contributed by atoms with Crippen LogP contribution in [0.25, 0.3) is 0 Å². The molecule has 0 aliphatic carbocycles. The van der Waals surface area contributed by atoms with Gasteiger partial charge in [-0.2, -0.15) is 0 Å². The van der Waals surface area contributed by atoms with E-state index in [1.165, 1.54) is 0 Å². The molecule has 7 nitrogen and oxygen atoms in total. The van der Waals surface area contributed by atoms with Gasteiger partial charge in [-0.1, -0.05) is 13.8 Å². The molecule has 0 saturated heterocycles. The molecule has 0 heterocycles. The molecule has 0 aliphatic rings. The number of carboxylic acids is 1. The molecule has 0 aromatic rings. The molecule has 0 fully saturated rings. The van der Waals surface area contributed by atoms with Crippen LogP contribution < -0.4 is 11.1 Å². The summed E-state index contributed by atoms with van der Waals surface area (Å²) in [5, 5.41) is 11.4. The molecule has 19 heavy (non-hydrogen) atoms. The van der Waals surface area contributed by atoms with E-state index in [0.717, 1.165) is 6.26 Å². The van der Waals surface area contributed by atoms with Crippen LogP contribution >= 0.6 is 0 Å². The number of hydrogen-bond donors (Lipinski definition) is 3. The number of carbonyl (C=O) groups is 2. The minimum atomic E-state index is -3.16. The van der Waals surface area contributed by atoms with Crippen LogP contribution in [0.15, 0.2) is 0 Å². The van der Waals surface area contributed by atoms with Crippen LogP contribution in [0.2, 0.25) is 0 Å². The smallest absolute Gasteiger partial charge is 0.308 e. The summed E-state index contributed by atoms with van der Waals surface area (Å²) in [6.45, 7) is 3.47. The fourth-order valence-electron chi connectivity index (χ4n) is 1.42. The molecule has 0 aromatic carbocycles. The second-order valence-corrected chi connectivity index (χ2v) is 7.22. The molecule has 0 rings (SSSR count). The highest BCUT2D eigenvalue weighted by Gasteiger charge is 2.23. The average molecular weight is 294 g/mol. The van der Waals surface area contributed by atoms with Crippen molar-refractivity contribution >= 4 is 21.7 Å². The molecule has 1 amide bonds. The highest BCUT2D eigenvalue weighted by atomic mass is 32.2. The van der Waals surface area contributed by atoms with Crippen molar-refractivity contribution in [1.29, 1.82) is 0 Å². The Morgan fingerprint density at radius 1 is 1.32 bits per heavy atom. The molecule has 0 bridgehead atoms. The summed E-state index contributed by atoms with van der Waals surface area (Å²) in [5.74, 6) is -2.50. The van der Waals surface area contributed by atoms with E-state index in [9.17, 15) is 18.0 Å². The number of aliphatic carboxylic acids is 1. The van der Waals surface area contributed by atoms with Gasteiger partial charge in [-0.15, -0.1) is 0 Å². The number of carbonyl (C=O) groups excluding carboxylic acids is 1. The molecule has 4 N–H and O–H groups in total. The lowest BCUT2D eigenvalue weighted by molar-refractivity contribution is -0.143. The van der Waals surface area contributed by atoms with Gasteiger partial charge >= 0.3 is 5.97 Å². The van der Waals surface area contributed by atoms with Crippen molar-refractivity contribution in [2.24, 2.45) is 17.6 Å². The zero-order chi connectivity index (χ0) is 15.2. The van der Waals surface area contributed by atoms with E-state index in [1.54, 1.807) is 13.8 Å². The van der Waals surface area contributed by atoms with Crippen LogP contribution in [-0.4, -0.2) is 50.0 Å². The SMILES string of the molecule is CC(C)C(CNC(=O)C(N)CCS(C)(=O)=O)C(=O)O. The quantitative estimate of drug-likeness (QED) is 0.539. The van der Waals surface area contributed by atoms with Crippen LogP contribution in [0.1, 0.15) is 20.3 Å². The van der Waals surface area contributed by atoms with E-state index in [2.05, 4.69) is 5.32 Å². The summed E-state index contributed by atoms with van der Waals surface area (Å²) >= 11 is 0. The van der Waals surface area contributed by atoms with Crippen LogP contribution in [0.3, 0.4) is 0 Å². The van der Waals surface area contributed by atoms with Gasteiger partial charge in [0.15, 0.2) is 0 Å². The third-order valence-corrected chi connectivity index (χ3v) is 3.73. The first kappa shape index (κ1) is 17.8. The first-order chi connectivity index (χ1) is 8.54. The van der Waals surface area contributed by atoms with Gasteiger partial charge in [-0.25, -0.2) is 8.42 Å². The minimum absolute atomic E-state index is 0.0155. The van der Waals surface area contributed by atoms with E-state index in [1.807, 2.05) is 0 Å². The first-order valence-electron chi connectivity index (χ1n) is 5.98. The number of sulfone groups is 1. The summed E-state index contributed by atoms with van der Waals surface area (Å²) < 4.78 is 21.9. The van der Waals surface area contributed by atoms with Crippen molar-refractivity contribution in [1.82, 2.24) is 5.32 Å². The van der Waals surface area contributed by atoms with E-state index in [-0.39, 0.29) is 24.6 Å². The number of amides is 1. The maximum absolute atomic E-state index is 11.6. The lowest BCUT2D eigenvalue weighted by Gasteiger charge is -2.18. The van der Waals surface area contributed by atoms with Gasteiger partial charge in [-0.3, -0.25) is 9.59 Å². The summed E-state index contributed by atoms with van der Waals surface area (Å²) in [5.41, 5.74) is 5.54. The van der Waals surface area contributed by atoms with Crippen molar-refractivity contribution in [3.8, 4) is 0 Å². The maximum Gasteiger partial charge on any atom is 0.308 e. The Kier molecular flexibility index (Phi) is 6.99. The third kappa shape index (κ3) is 7.78. The zero-order valence-electron chi connectivity index (χ0n) is 11.4. The van der Waals surface area contributed by atoms with Crippen LogP contribution in [0.4, 0.5) is 0 Å². The van der Waals surface area contributed by atoms with Gasteiger partial charge in [0, 0.05) is 12.8 Å². The van der Waals surface area contributed by atoms with E-state index >= 15 is 0 Å². The largest absolute Gasteiger partial charge is 0.481 e. The van der Waals surface area contributed by atoms with E-state index in [0.29, 0.717) is 0 Å². The van der Waals surface area contributed by atoms with Gasteiger partial charge in [0.25, 0.3) is 0 Å². The van der Waals surface area contributed by atoms with E-state index in [4.69, 9.17) is 10.8 Å². The summed E-state index contributed by atoms with van der Waals surface area (Å²) in [6.07, 6.45) is 1.08. The molecular formula is C11H22N2O5S. The van der Waals surface area contributed by atoms with Crippen molar-refractivity contribution in [2.45, 2.75) is 26.3 Å². The predicted octanol–water partition coefficient (Wildman–Crippen LogP) is -0.779. The Hall–Kier alpha value is -1.15. The standard InChI is InChI=1S/C11H22N2O5S/c1-7(2)8(11(15)16)6-13-10(14)9(12)4-5-19(3,17)18/h7-9H,4-6,12H2,1-3H3,(H,13,14)(H,15,16). The van der Waals surface area contributed by atoms with Gasteiger partial charge < -0.3 is 16.2 Å². The normalized spacial score (nSPS) is 15.0. The molecule has 2 atom stereocenters. The summed E-state index contributed by atoms with van der Waals surface area (Å²) in [6, 6.07) is -0.948. The predicted molar refractivity (Wildman–Crippen MR) is 71.3 cm³/mol. The Balaban J connectivity index is 4.26. The topological polar surface area (TPSA) is 127 Å². The molecule has 0 saturated carbocycles. The lowest BCUT2D eigenvalue weighted by Crippen LogP contribution is -2.45. The summed E-state index contributed by atoms with van der Waals surface area (Å²) in [7, 11) is -3.16. The van der Waals surface area contributed by atoms with Crippen molar-refractivity contribution in [3.05, 3.63) is 0 Å².